The highest BCUT2D eigenvalue weighted by atomic mass is 19.1. The Morgan fingerprint density at radius 2 is 1.93 bits per heavy atom. The van der Waals surface area contributed by atoms with Crippen molar-refractivity contribution in [2.24, 2.45) is 0 Å². The highest BCUT2D eigenvalue weighted by Gasteiger charge is 2.27. The Hall–Kier alpha value is -3.09. The van der Waals surface area contributed by atoms with Gasteiger partial charge in [-0.05, 0) is 36.6 Å². The zero-order chi connectivity index (χ0) is 18.6. The van der Waals surface area contributed by atoms with Crippen LogP contribution in [-0.4, -0.2) is 39.0 Å². The van der Waals surface area contributed by atoms with Gasteiger partial charge in [-0.3, -0.25) is 9.78 Å². The van der Waals surface area contributed by atoms with E-state index in [2.05, 4.69) is 15.1 Å². The van der Waals surface area contributed by atoms with Gasteiger partial charge in [0, 0.05) is 25.2 Å². The van der Waals surface area contributed by atoms with Crippen molar-refractivity contribution in [3.63, 3.8) is 0 Å². The van der Waals surface area contributed by atoms with E-state index < -0.39 is 0 Å². The van der Waals surface area contributed by atoms with Crippen molar-refractivity contribution in [1.29, 1.82) is 0 Å². The number of halogens is 1. The molecular weight excluding hydrogens is 347 g/mol. The van der Waals surface area contributed by atoms with Crippen LogP contribution in [0.3, 0.4) is 0 Å². The summed E-state index contributed by atoms with van der Waals surface area (Å²) >= 11 is 0. The van der Waals surface area contributed by atoms with Crippen molar-refractivity contribution < 1.29 is 13.7 Å². The monoisotopic (exact) mass is 366 g/mol. The van der Waals surface area contributed by atoms with E-state index in [1.807, 2.05) is 18.2 Å². The molecule has 0 unspecified atom stereocenters. The van der Waals surface area contributed by atoms with E-state index in [1.54, 1.807) is 29.3 Å². The fourth-order valence-corrected chi connectivity index (χ4v) is 3.30. The smallest absolute Gasteiger partial charge is 0.276 e. The van der Waals surface area contributed by atoms with Gasteiger partial charge in [-0.25, -0.2) is 4.39 Å². The number of benzene rings is 1. The molecular formula is C20H19FN4O2. The summed E-state index contributed by atoms with van der Waals surface area (Å²) in [6.07, 6.45) is 3.27. The summed E-state index contributed by atoms with van der Waals surface area (Å²) in [6.45, 7) is 1.21. The zero-order valence-electron chi connectivity index (χ0n) is 14.7. The molecule has 27 heavy (non-hydrogen) atoms. The van der Waals surface area contributed by atoms with Gasteiger partial charge in [-0.1, -0.05) is 29.4 Å². The zero-order valence-corrected chi connectivity index (χ0v) is 14.7. The van der Waals surface area contributed by atoms with Crippen LogP contribution in [0.15, 0.2) is 53.2 Å². The van der Waals surface area contributed by atoms with E-state index in [1.165, 1.54) is 6.07 Å². The maximum Gasteiger partial charge on any atom is 0.276 e. The number of nitrogens with zero attached hydrogens (tertiary/aromatic N) is 4. The number of carbonyl (C=O) groups is 1. The molecule has 4 rings (SSSR count). The lowest BCUT2D eigenvalue weighted by Gasteiger charge is -2.30. The fraction of sp³-hybridized carbons (Fsp3) is 0.300. The molecule has 0 N–H and O–H groups in total. The number of likely N-dealkylation sites (tertiary alicyclic amines) is 1. The van der Waals surface area contributed by atoms with Gasteiger partial charge in [0.25, 0.3) is 5.89 Å². The topological polar surface area (TPSA) is 72.1 Å². The number of amides is 1. The van der Waals surface area contributed by atoms with E-state index in [0.717, 1.165) is 12.8 Å². The minimum atomic E-state index is -0.338. The van der Waals surface area contributed by atoms with Crippen LogP contribution in [0.2, 0.25) is 0 Å². The minimum absolute atomic E-state index is 0.0548. The van der Waals surface area contributed by atoms with Crippen molar-refractivity contribution >= 4 is 5.91 Å². The van der Waals surface area contributed by atoms with Crippen LogP contribution in [0, 0.1) is 5.82 Å². The second-order valence-corrected chi connectivity index (χ2v) is 6.60. The van der Waals surface area contributed by atoms with Crippen LogP contribution in [0.1, 0.15) is 30.1 Å². The lowest BCUT2D eigenvalue weighted by atomic mass is 9.95. The van der Waals surface area contributed by atoms with Crippen molar-refractivity contribution in [1.82, 2.24) is 20.0 Å². The normalized spacial score (nSPS) is 15.1. The maximum absolute atomic E-state index is 13.7. The molecule has 1 amide bonds. The summed E-state index contributed by atoms with van der Waals surface area (Å²) in [5.41, 5.74) is 1.08. The number of rotatable bonds is 4. The number of hydrogen-bond donors (Lipinski definition) is 0. The van der Waals surface area contributed by atoms with Gasteiger partial charge in [-0.2, -0.15) is 4.98 Å². The molecule has 0 saturated carbocycles. The first kappa shape index (κ1) is 17.3. The molecule has 138 valence electrons. The Balaban J connectivity index is 1.36. The van der Waals surface area contributed by atoms with Crippen molar-refractivity contribution in [3.05, 3.63) is 65.9 Å². The minimum Gasteiger partial charge on any atom is -0.342 e. The van der Waals surface area contributed by atoms with Crippen molar-refractivity contribution in [2.45, 2.75) is 25.2 Å². The summed E-state index contributed by atoms with van der Waals surface area (Å²) in [5.74, 6) is 0.805. The first-order valence-corrected chi connectivity index (χ1v) is 8.97. The standard InChI is InChI=1S/C20H19FN4O2/c21-16-6-2-1-5-15(16)13-18(26)25-11-8-14(9-12-25)19-23-20(27-24-19)17-7-3-4-10-22-17/h1-7,10,14H,8-9,11-13H2. The maximum atomic E-state index is 13.7. The van der Waals surface area contributed by atoms with Gasteiger partial charge < -0.3 is 9.42 Å². The summed E-state index contributed by atoms with van der Waals surface area (Å²) < 4.78 is 19.1. The van der Waals surface area contributed by atoms with Gasteiger partial charge in [-0.15, -0.1) is 0 Å². The number of piperidine rings is 1. The van der Waals surface area contributed by atoms with Gasteiger partial charge in [0.15, 0.2) is 5.82 Å². The van der Waals surface area contributed by atoms with Crippen molar-refractivity contribution in [3.8, 4) is 11.6 Å². The van der Waals surface area contributed by atoms with E-state index in [-0.39, 0.29) is 24.1 Å². The predicted molar refractivity (Wildman–Crippen MR) is 96.2 cm³/mol. The Bertz CT molecular complexity index is 920. The predicted octanol–water partition coefficient (Wildman–Crippen LogP) is 3.22. The van der Waals surface area contributed by atoms with Crippen molar-refractivity contribution in [2.75, 3.05) is 13.1 Å². The van der Waals surface area contributed by atoms with Gasteiger partial charge >= 0.3 is 0 Å². The first-order chi connectivity index (χ1) is 13.2. The molecule has 7 heteroatoms. The molecule has 0 spiro atoms. The Morgan fingerprint density at radius 3 is 2.67 bits per heavy atom. The largest absolute Gasteiger partial charge is 0.342 e. The fourth-order valence-electron chi connectivity index (χ4n) is 3.30. The molecule has 1 fully saturated rings. The lowest BCUT2D eigenvalue weighted by Crippen LogP contribution is -2.39. The third kappa shape index (κ3) is 3.86. The van der Waals surface area contributed by atoms with E-state index in [4.69, 9.17) is 4.52 Å². The highest BCUT2D eigenvalue weighted by molar-refractivity contribution is 5.79. The summed E-state index contributed by atoms with van der Waals surface area (Å²) in [4.78, 5) is 22.9. The van der Waals surface area contributed by atoms with Gasteiger partial charge in [0.1, 0.15) is 11.5 Å². The average molecular weight is 366 g/mol. The second kappa shape index (κ2) is 7.65. The van der Waals surface area contributed by atoms with E-state index >= 15 is 0 Å². The van der Waals surface area contributed by atoms with Crippen LogP contribution in [0.5, 0.6) is 0 Å². The van der Waals surface area contributed by atoms with E-state index in [9.17, 15) is 9.18 Å². The number of aromatic nitrogens is 3. The highest BCUT2D eigenvalue weighted by Crippen LogP contribution is 2.28. The number of pyridine rings is 1. The SMILES string of the molecule is O=C(Cc1ccccc1F)N1CCC(c2noc(-c3ccccn3)n2)CC1. The molecule has 0 aliphatic carbocycles. The van der Waals surface area contributed by atoms with Crippen LogP contribution < -0.4 is 0 Å². The quantitative estimate of drug-likeness (QED) is 0.709. The Kier molecular flexibility index (Phi) is 4.91. The molecule has 1 aromatic carbocycles. The van der Waals surface area contributed by atoms with Crippen LogP contribution in [0.4, 0.5) is 4.39 Å². The number of carbonyl (C=O) groups excluding carboxylic acids is 1. The molecule has 6 nitrogen and oxygen atoms in total. The third-order valence-electron chi connectivity index (χ3n) is 4.84. The summed E-state index contributed by atoms with van der Waals surface area (Å²) in [7, 11) is 0. The molecule has 3 aromatic rings. The van der Waals surface area contributed by atoms with Gasteiger partial charge in [0.2, 0.25) is 5.91 Å². The Labute approximate surface area is 156 Å². The molecule has 1 aliphatic heterocycles. The molecule has 2 aromatic heterocycles. The molecule has 0 radical (unpaired) electrons. The summed E-state index contributed by atoms with van der Waals surface area (Å²) in [6, 6.07) is 11.9. The molecule has 1 saturated heterocycles. The average Bonchev–Trinajstić information content (AvgIpc) is 3.21. The molecule has 0 bridgehead atoms. The second-order valence-electron chi connectivity index (χ2n) is 6.60. The van der Waals surface area contributed by atoms with E-state index in [0.29, 0.717) is 36.1 Å². The van der Waals surface area contributed by atoms with Crippen LogP contribution in [-0.2, 0) is 11.2 Å². The van der Waals surface area contributed by atoms with Crippen LogP contribution in [0.25, 0.3) is 11.6 Å². The molecule has 0 atom stereocenters. The van der Waals surface area contributed by atoms with Crippen LogP contribution >= 0.6 is 0 Å². The summed E-state index contributed by atoms with van der Waals surface area (Å²) in [5, 5.41) is 4.09. The lowest BCUT2D eigenvalue weighted by molar-refractivity contribution is -0.131. The third-order valence-corrected chi connectivity index (χ3v) is 4.84. The van der Waals surface area contributed by atoms with Gasteiger partial charge in [0.05, 0.1) is 6.42 Å². The Morgan fingerprint density at radius 1 is 1.15 bits per heavy atom. The molecule has 3 heterocycles. The molecule has 1 aliphatic rings. The number of hydrogen-bond acceptors (Lipinski definition) is 5. The first-order valence-electron chi connectivity index (χ1n) is 8.97.